The molecule has 0 saturated heterocycles. The Labute approximate surface area is 142 Å². The van der Waals surface area contributed by atoms with Gasteiger partial charge in [-0.05, 0) is 24.6 Å². The predicted molar refractivity (Wildman–Crippen MR) is 87.5 cm³/mol. The van der Waals surface area contributed by atoms with Gasteiger partial charge in [0.05, 0.1) is 0 Å². The van der Waals surface area contributed by atoms with E-state index in [9.17, 15) is 9.18 Å². The SMILES string of the molecule is CC(Cl)C(=O)Nc1nnc(SCc2ccc(Br)cc2F)s1. The lowest BCUT2D eigenvalue weighted by Gasteiger charge is -2.01. The number of anilines is 1. The zero-order valence-electron chi connectivity index (χ0n) is 10.8. The van der Waals surface area contributed by atoms with Gasteiger partial charge < -0.3 is 0 Å². The van der Waals surface area contributed by atoms with E-state index in [0.717, 1.165) is 0 Å². The van der Waals surface area contributed by atoms with Crippen LogP contribution in [-0.4, -0.2) is 21.5 Å². The minimum atomic E-state index is -0.637. The van der Waals surface area contributed by atoms with Crippen LogP contribution in [0.25, 0.3) is 0 Å². The van der Waals surface area contributed by atoms with E-state index in [0.29, 0.717) is 25.3 Å². The second-order valence-corrected chi connectivity index (χ2v) is 7.77. The Morgan fingerprint density at radius 2 is 2.33 bits per heavy atom. The quantitative estimate of drug-likeness (QED) is 0.454. The molecule has 0 fully saturated rings. The summed E-state index contributed by atoms with van der Waals surface area (Å²) in [6, 6.07) is 4.92. The van der Waals surface area contributed by atoms with Crippen molar-refractivity contribution in [3.8, 4) is 0 Å². The third-order valence-corrected chi connectivity index (χ3v) is 5.08. The van der Waals surface area contributed by atoms with Gasteiger partial charge >= 0.3 is 0 Å². The number of carbonyl (C=O) groups is 1. The van der Waals surface area contributed by atoms with Gasteiger partial charge in [0.15, 0.2) is 4.34 Å². The molecule has 0 aliphatic heterocycles. The van der Waals surface area contributed by atoms with E-state index >= 15 is 0 Å². The van der Waals surface area contributed by atoms with Crippen LogP contribution in [0, 0.1) is 5.82 Å². The Kier molecular flexibility index (Phi) is 5.98. The summed E-state index contributed by atoms with van der Waals surface area (Å²) < 4.78 is 15.0. The average molecular weight is 411 g/mol. The first-order valence-electron chi connectivity index (χ1n) is 5.81. The Bertz CT molecular complexity index is 653. The number of hydrogen-bond donors (Lipinski definition) is 1. The maximum Gasteiger partial charge on any atom is 0.243 e. The van der Waals surface area contributed by atoms with Gasteiger partial charge in [0.1, 0.15) is 11.2 Å². The van der Waals surface area contributed by atoms with Crippen LogP contribution >= 0.6 is 50.6 Å². The van der Waals surface area contributed by atoms with Gasteiger partial charge in [0.25, 0.3) is 0 Å². The zero-order chi connectivity index (χ0) is 15.4. The zero-order valence-corrected chi connectivity index (χ0v) is 14.7. The van der Waals surface area contributed by atoms with Crippen LogP contribution in [0.5, 0.6) is 0 Å². The normalized spacial score (nSPS) is 12.2. The molecule has 9 heteroatoms. The van der Waals surface area contributed by atoms with E-state index < -0.39 is 5.38 Å². The summed E-state index contributed by atoms with van der Waals surface area (Å²) in [6.07, 6.45) is 0. The molecule has 1 N–H and O–H groups in total. The summed E-state index contributed by atoms with van der Waals surface area (Å²) in [6.45, 7) is 1.57. The highest BCUT2D eigenvalue weighted by Gasteiger charge is 2.13. The highest BCUT2D eigenvalue weighted by atomic mass is 79.9. The van der Waals surface area contributed by atoms with Gasteiger partial charge in [-0.3, -0.25) is 10.1 Å². The first-order chi connectivity index (χ1) is 9.95. The molecule has 0 spiro atoms. The first-order valence-corrected chi connectivity index (χ1v) is 8.84. The molecule has 1 amide bonds. The number of halogens is 3. The van der Waals surface area contributed by atoms with Crippen molar-refractivity contribution in [2.75, 3.05) is 5.32 Å². The number of thioether (sulfide) groups is 1. The van der Waals surface area contributed by atoms with Crippen molar-refractivity contribution in [2.45, 2.75) is 22.4 Å². The number of nitrogens with zero attached hydrogens (tertiary/aromatic N) is 2. The molecule has 1 aromatic carbocycles. The molecule has 1 unspecified atom stereocenters. The van der Waals surface area contributed by atoms with Crippen molar-refractivity contribution in [3.05, 3.63) is 34.1 Å². The molecule has 0 aliphatic carbocycles. The maximum atomic E-state index is 13.7. The van der Waals surface area contributed by atoms with Crippen LogP contribution < -0.4 is 5.32 Å². The maximum absolute atomic E-state index is 13.7. The molecule has 2 rings (SSSR count). The smallest absolute Gasteiger partial charge is 0.243 e. The summed E-state index contributed by atoms with van der Waals surface area (Å²) in [5, 5.41) is 10.1. The molecule has 0 radical (unpaired) electrons. The fourth-order valence-electron chi connectivity index (χ4n) is 1.30. The van der Waals surface area contributed by atoms with Gasteiger partial charge in [-0.15, -0.1) is 21.8 Å². The molecular weight excluding hydrogens is 401 g/mol. The van der Waals surface area contributed by atoms with Crippen LogP contribution in [0.3, 0.4) is 0 Å². The summed E-state index contributed by atoms with van der Waals surface area (Å²) >= 11 is 11.4. The average Bonchev–Trinajstić information content (AvgIpc) is 2.85. The van der Waals surface area contributed by atoms with E-state index in [-0.39, 0.29) is 11.7 Å². The lowest BCUT2D eigenvalue weighted by molar-refractivity contribution is -0.115. The lowest BCUT2D eigenvalue weighted by atomic mass is 10.2. The number of amides is 1. The van der Waals surface area contributed by atoms with Gasteiger partial charge in [-0.1, -0.05) is 45.1 Å². The number of carbonyl (C=O) groups excluding carboxylic acids is 1. The second-order valence-electron chi connectivity index (χ2n) is 4.00. The van der Waals surface area contributed by atoms with E-state index in [1.54, 1.807) is 19.1 Å². The number of rotatable bonds is 5. The van der Waals surface area contributed by atoms with Crippen molar-refractivity contribution >= 4 is 61.7 Å². The highest BCUT2D eigenvalue weighted by molar-refractivity contribution is 9.10. The molecular formula is C12H10BrClFN3OS2. The van der Waals surface area contributed by atoms with Crippen molar-refractivity contribution < 1.29 is 9.18 Å². The van der Waals surface area contributed by atoms with Crippen molar-refractivity contribution in [1.29, 1.82) is 0 Å². The lowest BCUT2D eigenvalue weighted by Crippen LogP contribution is -2.20. The molecule has 112 valence electrons. The molecule has 21 heavy (non-hydrogen) atoms. The fraction of sp³-hybridized carbons (Fsp3) is 0.250. The van der Waals surface area contributed by atoms with Gasteiger partial charge in [0.2, 0.25) is 11.0 Å². The molecule has 1 atom stereocenters. The van der Waals surface area contributed by atoms with Crippen LogP contribution in [0.15, 0.2) is 27.0 Å². The van der Waals surface area contributed by atoms with Crippen LogP contribution in [0.2, 0.25) is 0 Å². The third-order valence-electron chi connectivity index (χ3n) is 2.36. The van der Waals surface area contributed by atoms with Crippen molar-refractivity contribution in [2.24, 2.45) is 0 Å². The van der Waals surface area contributed by atoms with E-state index in [2.05, 4.69) is 31.4 Å². The Morgan fingerprint density at radius 3 is 3.00 bits per heavy atom. The highest BCUT2D eigenvalue weighted by Crippen LogP contribution is 2.29. The Hall–Kier alpha value is -0.700. The molecule has 1 heterocycles. The number of alkyl halides is 1. The topological polar surface area (TPSA) is 54.9 Å². The van der Waals surface area contributed by atoms with E-state index in [1.165, 1.54) is 29.2 Å². The summed E-state index contributed by atoms with van der Waals surface area (Å²) in [5.74, 6) is -0.164. The second kappa shape index (κ2) is 7.53. The summed E-state index contributed by atoms with van der Waals surface area (Å²) in [7, 11) is 0. The van der Waals surface area contributed by atoms with Crippen molar-refractivity contribution in [1.82, 2.24) is 10.2 Å². The number of benzene rings is 1. The van der Waals surface area contributed by atoms with Crippen LogP contribution in [0.4, 0.5) is 9.52 Å². The van der Waals surface area contributed by atoms with Crippen LogP contribution in [-0.2, 0) is 10.5 Å². The Morgan fingerprint density at radius 1 is 1.57 bits per heavy atom. The van der Waals surface area contributed by atoms with Crippen LogP contribution in [0.1, 0.15) is 12.5 Å². The molecule has 0 bridgehead atoms. The summed E-state index contributed by atoms with van der Waals surface area (Å²) in [4.78, 5) is 11.4. The molecule has 4 nitrogen and oxygen atoms in total. The molecule has 1 aromatic heterocycles. The molecule has 0 saturated carbocycles. The standard InChI is InChI=1S/C12H10BrClFN3OS2/c1-6(14)10(19)16-11-17-18-12(21-11)20-5-7-2-3-8(13)4-9(7)15/h2-4,6H,5H2,1H3,(H,16,17,19). The predicted octanol–water partition coefficient (Wildman–Crippen LogP) is 4.30. The van der Waals surface area contributed by atoms with Gasteiger partial charge in [0, 0.05) is 10.2 Å². The first kappa shape index (κ1) is 16.7. The van der Waals surface area contributed by atoms with E-state index in [4.69, 9.17) is 11.6 Å². The van der Waals surface area contributed by atoms with E-state index in [1.807, 2.05) is 0 Å². The minimum absolute atomic E-state index is 0.272. The third kappa shape index (κ3) is 4.91. The summed E-state index contributed by atoms with van der Waals surface area (Å²) in [5.41, 5.74) is 0.582. The van der Waals surface area contributed by atoms with Gasteiger partial charge in [-0.25, -0.2) is 4.39 Å². The number of nitrogens with one attached hydrogen (secondary N) is 1. The largest absolute Gasteiger partial charge is 0.299 e. The minimum Gasteiger partial charge on any atom is -0.299 e. The van der Waals surface area contributed by atoms with Gasteiger partial charge in [-0.2, -0.15) is 0 Å². The number of aromatic nitrogens is 2. The monoisotopic (exact) mass is 409 g/mol. The van der Waals surface area contributed by atoms with Crippen molar-refractivity contribution in [3.63, 3.8) is 0 Å². The molecule has 2 aromatic rings. The number of hydrogen-bond acceptors (Lipinski definition) is 5. The molecule has 0 aliphatic rings. The fourth-order valence-corrected chi connectivity index (χ4v) is 3.43. The Balaban J connectivity index is 1.95.